The number of carbonyl (C=O) groups excluding carboxylic acids is 1. The van der Waals surface area contributed by atoms with Gasteiger partial charge in [-0.05, 0) is 31.5 Å². The van der Waals surface area contributed by atoms with Gasteiger partial charge in [-0.3, -0.25) is 0 Å². The predicted octanol–water partition coefficient (Wildman–Crippen LogP) is 4.12. The summed E-state index contributed by atoms with van der Waals surface area (Å²) in [4.78, 5) is 11.6. The molecule has 0 aliphatic rings. The molecule has 0 fully saturated rings. The highest BCUT2D eigenvalue weighted by Crippen LogP contribution is 2.23. The van der Waals surface area contributed by atoms with Gasteiger partial charge in [0.1, 0.15) is 0 Å². The number of nitrogens with one attached hydrogen (secondary N) is 1. The number of hydrogen-bond donors (Lipinski definition) is 1. The number of rotatable bonds is 6. The molecule has 0 heterocycles. The topological polar surface area (TPSA) is 38.3 Å². The molecule has 100 valence electrons. The molecule has 0 aromatic heterocycles. The van der Waals surface area contributed by atoms with Gasteiger partial charge in [0.25, 0.3) is 0 Å². The molecule has 0 aliphatic heterocycles. The molecule has 0 radical (unpaired) electrons. The van der Waals surface area contributed by atoms with Crippen LogP contribution in [0.2, 0.25) is 5.02 Å². The Hall–Kier alpha value is -1.22. The zero-order valence-corrected chi connectivity index (χ0v) is 11.9. The van der Waals surface area contributed by atoms with Gasteiger partial charge >= 0.3 is 5.97 Å². The number of hydrogen-bond acceptors (Lipinski definition) is 3. The van der Waals surface area contributed by atoms with Gasteiger partial charge in [0, 0.05) is 11.1 Å². The quantitative estimate of drug-likeness (QED) is 0.790. The number of benzene rings is 1. The summed E-state index contributed by atoms with van der Waals surface area (Å²) in [6.07, 6.45) is 3.37. The van der Waals surface area contributed by atoms with Gasteiger partial charge in [0.05, 0.1) is 18.4 Å². The van der Waals surface area contributed by atoms with Crippen LogP contribution in [-0.2, 0) is 4.74 Å². The summed E-state index contributed by atoms with van der Waals surface area (Å²) >= 11 is 5.96. The lowest BCUT2D eigenvalue weighted by Crippen LogP contribution is -2.17. The fourth-order valence-electron chi connectivity index (χ4n) is 1.77. The molecule has 0 spiro atoms. The molecule has 1 rings (SSSR count). The van der Waals surface area contributed by atoms with Gasteiger partial charge in [0.15, 0.2) is 0 Å². The number of unbranched alkanes of at least 4 members (excludes halogenated alkanes) is 1. The molecule has 3 nitrogen and oxygen atoms in total. The van der Waals surface area contributed by atoms with E-state index in [1.54, 1.807) is 18.2 Å². The van der Waals surface area contributed by atoms with E-state index in [2.05, 4.69) is 19.2 Å². The van der Waals surface area contributed by atoms with E-state index < -0.39 is 0 Å². The van der Waals surface area contributed by atoms with Crippen molar-refractivity contribution in [1.29, 1.82) is 0 Å². The SMILES string of the molecule is CCCCC(C)Nc1cc(Cl)ccc1C(=O)OC. The molecule has 1 unspecified atom stereocenters. The summed E-state index contributed by atoms with van der Waals surface area (Å²) < 4.78 is 4.76. The minimum Gasteiger partial charge on any atom is -0.465 e. The van der Waals surface area contributed by atoms with E-state index in [1.807, 2.05) is 0 Å². The van der Waals surface area contributed by atoms with Gasteiger partial charge in [-0.1, -0.05) is 31.4 Å². The normalized spacial score (nSPS) is 12.0. The Kier molecular flexibility index (Phi) is 5.99. The molecular formula is C14H20ClNO2. The number of anilines is 1. The van der Waals surface area contributed by atoms with Crippen molar-refractivity contribution < 1.29 is 9.53 Å². The average molecular weight is 270 g/mol. The molecular weight excluding hydrogens is 250 g/mol. The van der Waals surface area contributed by atoms with E-state index in [0.717, 1.165) is 24.9 Å². The first-order valence-corrected chi connectivity index (χ1v) is 6.60. The fraction of sp³-hybridized carbons (Fsp3) is 0.500. The summed E-state index contributed by atoms with van der Waals surface area (Å²) in [6.45, 7) is 4.25. The van der Waals surface area contributed by atoms with Crippen LogP contribution in [-0.4, -0.2) is 19.1 Å². The van der Waals surface area contributed by atoms with E-state index >= 15 is 0 Å². The van der Waals surface area contributed by atoms with E-state index in [4.69, 9.17) is 16.3 Å². The number of methoxy groups -OCH3 is 1. The van der Waals surface area contributed by atoms with Crippen LogP contribution in [0.1, 0.15) is 43.5 Å². The Labute approximate surface area is 113 Å². The van der Waals surface area contributed by atoms with Gasteiger partial charge in [0.2, 0.25) is 0 Å². The van der Waals surface area contributed by atoms with Crippen molar-refractivity contribution in [2.24, 2.45) is 0 Å². The Morgan fingerprint density at radius 1 is 1.50 bits per heavy atom. The highest BCUT2D eigenvalue weighted by Gasteiger charge is 2.13. The smallest absolute Gasteiger partial charge is 0.339 e. The Morgan fingerprint density at radius 3 is 2.83 bits per heavy atom. The minimum atomic E-state index is -0.350. The predicted molar refractivity (Wildman–Crippen MR) is 75.4 cm³/mol. The van der Waals surface area contributed by atoms with E-state index in [9.17, 15) is 4.79 Å². The maximum Gasteiger partial charge on any atom is 0.339 e. The van der Waals surface area contributed by atoms with Crippen LogP contribution in [0.5, 0.6) is 0 Å². The molecule has 1 aromatic carbocycles. The molecule has 4 heteroatoms. The standard InChI is InChI=1S/C14H20ClNO2/c1-4-5-6-10(2)16-13-9-11(15)7-8-12(13)14(17)18-3/h7-10,16H,4-6H2,1-3H3. The van der Waals surface area contributed by atoms with E-state index in [1.165, 1.54) is 7.11 Å². The van der Waals surface area contributed by atoms with E-state index in [0.29, 0.717) is 16.6 Å². The maximum atomic E-state index is 11.6. The summed E-state index contributed by atoms with van der Waals surface area (Å²) in [5.41, 5.74) is 1.25. The van der Waals surface area contributed by atoms with Gasteiger partial charge in [-0.25, -0.2) is 4.79 Å². The molecule has 0 bridgehead atoms. The van der Waals surface area contributed by atoms with Crippen LogP contribution in [0.25, 0.3) is 0 Å². The second kappa shape index (κ2) is 7.27. The van der Waals surface area contributed by atoms with Gasteiger partial charge in [-0.2, -0.15) is 0 Å². The Bertz CT molecular complexity index is 407. The highest BCUT2D eigenvalue weighted by atomic mass is 35.5. The molecule has 18 heavy (non-hydrogen) atoms. The number of ether oxygens (including phenoxy) is 1. The highest BCUT2D eigenvalue weighted by molar-refractivity contribution is 6.31. The first-order valence-electron chi connectivity index (χ1n) is 6.22. The molecule has 0 saturated heterocycles. The summed E-state index contributed by atoms with van der Waals surface area (Å²) in [6, 6.07) is 5.43. The largest absolute Gasteiger partial charge is 0.465 e. The van der Waals surface area contributed by atoms with Crippen molar-refractivity contribution in [1.82, 2.24) is 0 Å². The molecule has 1 aromatic rings. The molecule has 0 amide bonds. The summed E-state index contributed by atoms with van der Waals surface area (Å²) in [7, 11) is 1.38. The van der Waals surface area contributed by atoms with Crippen LogP contribution in [0.15, 0.2) is 18.2 Å². The number of carbonyl (C=O) groups is 1. The molecule has 1 atom stereocenters. The zero-order chi connectivity index (χ0) is 13.5. The summed E-state index contributed by atoms with van der Waals surface area (Å²) in [5, 5.41) is 3.92. The first-order chi connectivity index (χ1) is 8.58. The average Bonchev–Trinajstić information content (AvgIpc) is 2.35. The first kappa shape index (κ1) is 14.8. The number of halogens is 1. The molecule has 1 N–H and O–H groups in total. The van der Waals surface area contributed by atoms with Crippen LogP contribution in [0.4, 0.5) is 5.69 Å². The van der Waals surface area contributed by atoms with E-state index in [-0.39, 0.29) is 5.97 Å². The Balaban J connectivity index is 2.85. The van der Waals surface area contributed by atoms with Crippen LogP contribution >= 0.6 is 11.6 Å². The summed E-state index contributed by atoms with van der Waals surface area (Å²) in [5.74, 6) is -0.350. The van der Waals surface area contributed by atoms with Crippen molar-refractivity contribution in [2.45, 2.75) is 39.2 Å². The van der Waals surface area contributed by atoms with Gasteiger partial charge in [-0.15, -0.1) is 0 Å². The van der Waals surface area contributed by atoms with Crippen LogP contribution in [0.3, 0.4) is 0 Å². The second-order valence-corrected chi connectivity index (χ2v) is 4.81. The van der Waals surface area contributed by atoms with Crippen molar-refractivity contribution in [3.05, 3.63) is 28.8 Å². The third-order valence-corrected chi connectivity index (χ3v) is 3.01. The van der Waals surface area contributed by atoms with Crippen molar-refractivity contribution in [3.8, 4) is 0 Å². The lowest BCUT2D eigenvalue weighted by Gasteiger charge is -2.17. The molecule has 0 aliphatic carbocycles. The molecule has 0 saturated carbocycles. The maximum absolute atomic E-state index is 11.6. The second-order valence-electron chi connectivity index (χ2n) is 4.37. The number of esters is 1. The van der Waals surface area contributed by atoms with Gasteiger partial charge < -0.3 is 10.1 Å². The van der Waals surface area contributed by atoms with Crippen molar-refractivity contribution in [2.75, 3.05) is 12.4 Å². The lowest BCUT2D eigenvalue weighted by atomic mass is 10.1. The fourth-order valence-corrected chi connectivity index (χ4v) is 1.94. The zero-order valence-electron chi connectivity index (χ0n) is 11.1. The monoisotopic (exact) mass is 269 g/mol. The van der Waals surface area contributed by atoms with Crippen LogP contribution < -0.4 is 5.32 Å². The van der Waals surface area contributed by atoms with Crippen molar-refractivity contribution >= 4 is 23.3 Å². The Morgan fingerprint density at radius 2 is 2.22 bits per heavy atom. The third-order valence-electron chi connectivity index (χ3n) is 2.78. The van der Waals surface area contributed by atoms with Crippen LogP contribution in [0, 0.1) is 0 Å². The van der Waals surface area contributed by atoms with Crippen molar-refractivity contribution in [3.63, 3.8) is 0 Å². The lowest BCUT2D eigenvalue weighted by molar-refractivity contribution is 0.0602. The third kappa shape index (κ3) is 4.22. The minimum absolute atomic E-state index is 0.298.